The summed E-state index contributed by atoms with van der Waals surface area (Å²) in [6.07, 6.45) is 0.675. The third kappa shape index (κ3) is 3.56. The van der Waals surface area contributed by atoms with Gasteiger partial charge < -0.3 is 14.8 Å². The van der Waals surface area contributed by atoms with Gasteiger partial charge in [-0.05, 0) is 52.2 Å². The van der Waals surface area contributed by atoms with Crippen molar-refractivity contribution in [2.45, 2.75) is 6.42 Å². The van der Waals surface area contributed by atoms with Gasteiger partial charge in [0.1, 0.15) is 13.2 Å². The van der Waals surface area contributed by atoms with Crippen molar-refractivity contribution in [3.63, 3.8) is 0 Å². The molecule has 3 rings (SSSR count). The van der Waals surface area contributed by atoms with Gasteiger partial charge in [-0.1, -0.05) is 11.6 Å². The Morgan fingerprint density at radius 2 is 2.14 bits per heavy atom. The summed E-state index contributed by atoms with van der Waals surface area (Å²) in [7, 11) is 0. The number of thiophene rings is 1. The van der Waals surface area contributed by atoms with Crippen molar-refractivity contribution in [2.24, 2.45) is 0 Å². The molecule has 0 unspecified atom stereocenters. The summed E-state index contributed by atoms with van der Waals surface area (Å²) in [5, 5.41) is 3.44. The van der Waals surface area contributed by atoms with Gasteiger partial charge in [-0.2, -0.15) is 0 Å². The molecular formula is C15H13BrClNO3S. The number of amides is 1. The topological polar surface area (TPSA) is 47.6 Å². The number of ether oxygens (including phenoxy) is 2. The molecular weight excluding hydrogens is 390 g/mol. The van der Waals surface area contributed by atoms with Crippen LogP contribution in [0.25, 0.3) is 0 Å². The van der Waals surface area contributed by atoms with Crippen molar-refractivity contribution in [3.8, 4) is 11.5 Å². The third-order valence-corrected chi connectivity index (χ3v) is 5.06. The highest BCUT2D eigenvalue weighted by molar-refractivity contribution is 9.11. The maximum absolute atomic E-state index is 12.0. The minimum atomic E-state index is -0.0701. The molecule has 0 saturated carbocycles. The van der Waals surface area contributed by atoms with Crippen LogP contribution in [-0.4, -0.2) is 25.7 Å². The lowest BCUT2D eigenvalue weighted by Crippen LogP contribution is -2.25. The molecule has 2 heterocycles. The molecule has 4 nitrogen and oxygen atoms in total. The monoisotopic (exact) mass is 401 g/mol. The molecule has 0 fully saturated rings. The summed E-state index contributed by atoms with van der Waals surface area (Å²) in [6.45, 7) is 1.57. The fraction of sp³-hybridized carbons (Fsp3) is 0.267. The quantitative estimate of drug-likeness (QED) is 0.843. The highest BCUT2D eigenvalue weighted by atomic mass is 79.9. The first-order valence-corrected chi connectivity index (χ1v) is 8.74. The lowest BCUT2D eigenvalue weighted by Gasteiger charge is -2.20. The van der Waals surface area contributed by atoms with Crippen molar-refractivity contribution in [1.82, 2.24) is 5.32 Å². The Hall–Kier alpha value is -1.24. The fourth-order valence-corrected chi connectivity index (χ4v) is 3.74. The highest BCUT2D eigenvalue weighted by Gasteiger charge is 2.16. The van der Waals surface area contributed by atoms with E-state index in [1.165, 1.54) is 11.3 Å². The highest BCUT2D eigenvalue weighted by Crippen LogP contribution is 2.38. The van der Waals surface area contributed by atoms with Crippen LogP contribution in [0.5, 0.6) is 11.5 Å². The summed E-state index contributed by atoms with van der Waals surface area (Å²) in [5.41, 5.74) is 1.00. The van der Waals surface area contributed by atoms with Crippen LogP contribution in [0.4, 0.5) is 0 Å². The molecule has 0 bridgehead atoms. The Balaban J connectivity index is 1.60. The van der Waals surface area contributed by atoms with Crippen LogP contribution in [0.3, 0.4) is 0 Å². The minimum absolute atomic E-state index is 0.0701. The average Bonchev–Trinajstić information content (AvgIpc) is 2.94. The molecule has 116 valence electrons. The fourth-order valence-electron chi connectivity index (χ4n) is 2.15. The Morgan fingerprint density at radius 1 is 1.32 bits per heavy atom. The average molecular weight is 403 g/mol. The molecule has 22 heavy (non-hydrogen) atoms. The molecule has 1 amide bonds. The zero-order valence-electron chi connectivity index (χ0n) is 11.5. The van der Waals surface area contributed by atoms with E-state index in [2.05, 4.69) is 21.2 Å². The lowest BCUT2D eigenvalue weighted by atomic mass is 10.1. The van der Waals surface area contributed by atoms with Crippen molar-refractivity contribution >= 4 is 44.8 Å². The molecule has 1 N–H and O–H groups in total. The van der Waals surface area contributed by atoms with Gasteiger partial charge in [-0.15, -0.1) is 11.3 Å². The van der Waals surface area contributed by atoms with E-state index in [9.17, 15) is 4.79 Å². The first-order valence-electron chi connectivity index (χ1n) is 6.75. The van der Waals surface area contributed by atoms with Gasteiger partial charge in [-0.25, -0.2) is 0 Å². The maximum Gasteiger partial charge on any atom is 0.261 e. The van der Waals surface area contributed by atoms with Gasteiger partial charge in [-0.3, -0.25) is 4.79 Å². The minimum Gasteiger partial charge on any atom is -0.486 e. The molecule has 0 aliphatic carbocycles. The number of nitrogens with one attached hydrogen (secondary N) is 1. The Morgan fingerprint density at radius 3 is 2.91 bits per heavy atom. The second-order valence-electron chi connectivity index (χ2n) is 4.71. The molecule has 1 aliphatic heterocycles. The van der Waals surface area contributed by atoms with Gasteiger partial charge in [0.15, 0.2) is 11.5 Å². The second kappa shape index (κ2) is 6.89. The third-order valence-electron chi connectivity index (χ3n) is 3.15. The van der Waals surface area contributed by atoms with E-state index < -0.39 is 0 Å². The normalized spacial score (nSPS) is 13.0. The summed E-state index contributed by atoms with van der Waals surface area (Å²) in [5.74, 6) is 1.20. The molecule has 1 aromatic carbocycles. The van der Waals surface area contributed by atoms with Gasteiger partial charge in [0.2, 0.25) is 0 Å². The van der Waals surface area contributed by atoms with Gasteiger partial charge in [0.05, 0.1) is 13.7 Å². The molecule has 0 spiro atoms. The van der Waals surface area contributed by atoms with Gasteiger partial charge >= 0.3 is 0 Å². The first-order chi connectivity index (χ1) is 10.6. The predicted octanol–water partition coefficient (Wildman–Crippen LogP) is 3.91. The molecule has 7 heteroatoms. The summed E-state index contributed by atoms with van der Waals surface area (Å²) in [6, 6.07) is 7.42. The van der Waals surface area contributed by atoms with E-state index >= 15 is 0 Å². The summed E-state index contributed by atoms with van der Waals surface area (Å²) in [4.78, 5) is 12.6. The van der Waals surface area contributed by atoms with E-state index in [0.717, 1.165) is 9.35 Å². The van der Waals surface area contributed by atoms with Crippen LogP contribution < -0.4 is 14.8 Å². The van der Waals surface area contributed by atoms with Crippen molar-refractivity contribution < 1.29 is 14.3 Å². The lowest BCUT2D eigenvalue weighted by molar-refractivity contribution is 0.0958. The molecule has 0 saturated heterocycles. The Bertz CT molecular complexity index is 704. The Kier molecular flexibility index (Phi) is 4.90. The van der Waals surface area contributed by atoms with E-state index in [4.69, 9.17) is 21.1 Å². The SMILES string of the molecule is O=C(NCCc1cc(Cl)c2c(c1)OCCO2)c1ccc(Br)s1. The zero-order valence-corrected chi connectivity index (χ0v) is 14.7. The van der Waals surface area contributed by atoms with Crippen LogP contribution in [0, 0.1) is 0 Å². The number of fused-ring (bicyclic) bond motifs is 1. The smallest absolute Gasteiger partial charge is 0.261 e. The summed E-state index contributed by atoms with van der Waals surface area (Å²) >= 11 is 10.9. The van der Waals surface area contributed by atoms with Crippen LogP contribution in [-0.2, 0) is 6.42 Å². The number of hydrogen-bond donors (Lipinski definition) is 1. The number of benzene rings is 1. The standard InChI is InChI=1S/C15H13BrClNO3S/c16-13-2-1-12(22-13)15(19)18-4-3-9-7-10(17)14-11(8-9)20-5-6-21-14/h1-2,7-8H,3-6H2,(H,18,19). The van der Waals surface area contributed by atoms with Crippen LogP contribution in [0.15, 0.2) is 28.1 Å². The second-order valence-corrected chi connectivity index (χ2v) is 7.58. The molecule has 1 aliphatic rings. The van der Waals surface area contributed by atoms with Crippen molar-refractivity contribution in [1.29, 1.82) is 0 Å². The zero-order chi connectivity index (χ0) is 15.5. The van der Waals surface area contributed by atoms with Gasteiger partial charge in [0, 0.05) is 6.54 Å². The molecule has 2 aromatic rings. The van der Waals surface area contributed by atoms with E-state index in [1.807, 2.05) is 18.2 Å². The van der Waals surface area contributed by atoms with Gasteiger partial charge in [0.25, 0.3) is 5.91 Å². The summed E-state index contributed by atoms with van der Waals surface area (Å²) < 4.78 is 12.0. The number of rotatable bonds is 4. The largest absolute Gasteiger partial charge is 0.486 e. The van der Waals surface area contributed by atoms with Crippen LogP contribution in [0.1, 0.15) is 15.2 Å². The van der Waals surface area contributed by atoms with Crippen molar-refractivity contribution in [2.75, 3.05) is 19.8 Å². The van der Waals surface area contributed by atoms with Crippen LogP contribution in [0.2, 0.25) is 5.02 Å². The number of halogens is 2. The number of carbonyl (C=O) groups is 1. The van der Waals surface area contributed by atoms with Crippen molar-refractivity contribution in [3.05, 3.63) is 43.5 Å². The molecule has 1 aromatic heterocycles. The molecule has 0 atom stereocenters. The van der Waals surface area contributed by atoms with E-state index in [1.54, 1.807) is 6.07 Å². The molecule has 0 radical (unpaired) electrons. The Labute approximate surface area is 145 Å². The number of carbonyl (C=O) groups excluding carboxylic acids is 1. The first kappa shape index (κ1) is 15.6. The maximum atomic E-state index is 12.0. The predicted molar refractivity (Wildman–Crippen MR) is 90.5 cm³/mol. The van der Waals surface area contributed by atoms with Crippen LogP contribution >= 0.6 is 38.9 Å². The number of hydrogen-bond acceptors (Lipinski definition) is 4. The van der Waals surface area contributed by atoms with E-state index in [-0.39, 0.29) is 5.91 Å². The van der Waals surface area contributed by atoms with E-state index in [0.29, 0.717) is 47.6 Å².